The molecule has 0 aliphatic heterocycles. The van der Waals surface area contributed by atoms with Crippen LogP contribution in [0.5, 0.6) is 0 Å². The molecular formula is C8H5Cl3N2O. The molecule has 14 heavy (non-hydrogen) atoms. The van der Waals surface area contributed by atoms with E-state index in [2.05, 4.69) is 5.11 Å². The molecule has 1 aromatic rings. The zero-order chi connectivity index (χ0) is 10.7. The number of halogens is 3. The molecule has 0 aliphatic rings. The molecule has 74 valence electrons. The molecule has 0 amide bonds. The molecule has 6 heteroatoms. The highest BCUT2D eigenvalue weighted by Gasteiger charge is 2.19. The topological polar surface area (TPSA) is 53.3 Å². The summed E-state index contributed by atoms with van der Waals surface area (Å²) in [5.41, 5.74) is 5.54. The second-order valence-electron chi connectivity index (χ2n) is 2.43. The summed E-state index contributed by atoms with van der Waals surface area (Å²) in [7, 11) is 0. The van der Waals surface area contributed by atoms with Crippen LogP contribution in [0, 0.1) is 5.53 Å². The first-order chi connectivity index (χ1) is 6.57. The van der Waals surface area contributed by atoms with Crippen molar-refractivity contribution in [1.29, 1.82) is 5.53 Å². The van der Waals surface area contributed by atoms with Crippen molar-refractivity contribution in [1.82, 2.24) is 0 Å². The van der Waals surface area contributed by atoms with Gasteiger partial charge < -0.3 is 0 Å². The maximum absolute atomic E-state index is 11.5. The maximum atomic E-state index is 11.5. The van der Waals surface area contributed by atoms with Gasteiger partial charge in [-0.2, -0.15) is 5.11 Å². The number of benzene rings is 1. The van der Waals surface area contributed by atoms with Gasteiger partial charge in [-0.3, -0.25) is 4.79 Å². The number of nitrogens with one attached hydrogen (secondary N) is 1. The molecule has 0 fully saturated rings. The van der Waals surface area contributed by atoms with Gasteiger partial charge in [0.05, 0.1) is 10.0 Å². The molecule has 0 bridgehead atoms. The molecule has 0 saturated carbocycles. The minimum absolute atomic E-state index is 0.133. The fourth-order valence-electron chi connectivity index (χ4n) is 0.881. The Hall–Kier alpha value is -0.640. The molecule has 1 aromatic carbocycles. The van der Waals surface area contributed by atoms with E-state index in [1.807, 2.05) is 0 Å². The number of Topliss-reactive ketones (excluding diaryl/α,β-unsaturated/α-hetero) is 1. The summed E-state index contributed by atoms with van der Waals surface area (Å²) in [6.07, 6.45) is 0. The molecule has 0 saturated heterocycles. The smallest absolute Gasteiger partial charge is 0.206 e. The zero-order valence-electron chi connectivity index (χ0n) is 6.80. The van der Waals surface area contributed by atoms with Gasteiger partial charge >= 0.3 is 0 Å². The Morgan fingerprint density at radius 3 is 2.64 bits per heavy atom. The normalized spacial score (nSPS) is 12.2. The highest BCUT2D eigenvalue weighted by Crippen LogP contribution is 2.27. The first kappa shape index (κ1) is 11.4. The Labute approximate surface area is 95.5 Å². The number of rotatable bonds is 3. The predicted molar refractivity (Wildman–Crippen MR) is 55.6 cm³/mol. The van der Waals surface area contributed by atoms with Gasteiger partial charge in [0, 0.05) is 5.56 Å². The quantitative estimate of drug-likeness (QED) is 0.378. The molecular weight excluding hydrogens is 246 g/mol. The minimum atomic E-state index is -1.24. The van der Waals surface area contributed by atoms with Gasteiger partial charge in [0.15, 0.2) is 0 Å². The monoisotopic (exact) mass is 250 g/mol. The van der Waals surface area contributed by atoms with Crippen molar-refractivity contribution in [2.45, 2.75) is 5.50 Å². The van der Waals surface area contributed by atoms with E-state index in [1.165, 1.54) is 6.07 Å². The first-order valence-corrected chi connectivity index (χ1v) is 4.76. The van der Waals surface area contributed by atoms with Crippen LogP contribution in [0.4, 0.5) is 0 Å². The van der Waals surface area contributed by atoms with Gasteiger partial charge in [0.25, 0.3) is 0 Å². The summed E-state index contributed by atoms with van der Waals surface area (Å²) in [4.78, 5) is 11.5. The van der Waals surface area contributed by atoms with Crippen LogP contribution in [-0.4, -0.2) is 11.3 Å². The van der Waals surface area contributed by atoms with Crippen molar-refractivity contribution >= 4 is 40.6 Å². The summed E-state index contributed by atoms with van der Waals surface area (Å²) in [5.74, 6) is -0.533. The third-order valence-corrected chi connectivity index (χ3v) is 2.66. The zero-order valence-corrected chi connectivity index (χ0v) is 9.07. The lowest BCUT2D eigenvalue weighted by atomic mass is 10.1. The Balaban J connectivity index is 3.13. The lowest BCUT2D eigenvalue weighted by Gasteiger charge is -2.05. The van der Waals surface area contributed by atoms with Crippen molar-refractivity contribution in [3.05, 3.63) is 33.8 Å². The van der Waals surface area contributed by atoms with Crippen LogP contribution in [-0.2, 0) is 0 Å². The molecule has 1 N–H and O–H groups in total. The largest absolute Gasteiger partial charge is 0.290 e. The van der Waals surface area contributed by atoms with Gasteiger partial charge in [-0.1, -0.05) is 40.9 Å². The van der Waals surface area contributed by atoms with Crippen molar-refractivity contribution < 1.29 is 4.79 Å². The minimum Gasteiger partial charge on any atom is -0.290 e. The van der Waals surface area contributed by atoms with Gasteiger partial charge in [0.2, 0.25) is 11.3 Å². The van der Waals surface area contributed by atoms with E-state index >= 15 is 0 Å². The van der Waals surface area contributed by atoms with E-state index in [4.69, 9.17) is 40.3 Å². The second-order valence-corrected chi connectivity index (χ2v) is 3.63. The van der Waals surface area contributed by atoms with Gasteiger partial charge in [-0.25, -0.2) is 5.53 Å². The number of carbonyl (C=O) groups excluding carboxylic acids is 1. The van der Waals surface area contributed by atoms with E-state index in [0.29, 0.717) is 0 Å². The van der Waals surface area contributed by atoms with Crippen LogP contribution < -0.4 is 0 Å². The summed E-state index contributed by atoms with van der Waals surface area (Å²) in [6.45, 7) is 0. The number of hydrogen-bond donors (Lipinski definition) is 1. The number of alkyl halides is 1. The average molecular weight is 252 g/mol. The summed E-state index contributed by atoms with van der Waals surface area (Å²) >= 11 is 16.9. The molecule has 1 unspecified atom stereocenters. The lowest BCUT2D eigenvalue weighted by molar-refractivity contribution is 0.0986. The first-order valence-electron chi connectivity index (χ1n) is 3.56. The molecule has 3 nitrogen and oxygen atoms in total. The summed E-state index contributed by atoms with van der Waals surface area (Å²) in [6, 6.07) is 4.62. The Morgan fingerprint density at radius 1 is 1.43 bits per heavy atom. The van der Waals surface area contributed by atoms with Crippen molar-refractivity contribution in [2.75, 3.05) is 0 Å². The van der Waals surface area contributed by atoms with Crippen LogP contribution in [0.25, 0.3) is 0 Å². The van der Waals surface area contributed by atoms with Gasteiger partial charge in [0.1, 0.15) is 0 Å². The SMILES string of the molecule is N=NC(Cl)C(=O)c1cccc(Cl)c1Cl. The van der Waals surface area contributed by atoms with E-state index in [1.54, 1.807) is 12.1 Å². The van der Waals surface area contributed by atoms with E-state index in [0.717, 1.165) is 0 Å². The fourth-order valence-corrected chi connectivity index (χ4v) is 1.39. The highest BCUT2D eigenvalue weighted by atomic mass is 35.5. The van der Waals surface area contributed by atoms with Crippen molar-refractivity contribution in [3.63, 3.8) is 0 Å². The Bertz CT molecular complexity index is 381. The fraction of sp³-hybridized carbons (Fsp3) is 0.125. The predicted octanol–water partition coefficient (Wildman–Crippen LogP) is 3.77. The van der Waals surface area contributed by atoms with Crippen LogP contribution in [0.3, 0.4) is 0 Å². The maximum Gasteiger partial charge on any atom is 0.206 e. The number of carbonyl (C=O) groups is 1. The molecule has 0 heterocycles. The van der Waals surface area contributed by atoms with Crippen molar-refractivity contribution in [3.8, 4) is 0 Å². The number of ketones is 1. The molecule has 0 spiro atoms. The third-order valence-electron chi connectivity index (χ3n) is 1.55. The standard InChI is InChI=1S/C8H5Cl3N2O/c9-5-3-1-2-4(6(5)10)7(14)8(11)13-12/h1-3,8,12H. The summed E-state index contributed by atoms with van der Waals surface area (Å²) < 4.78 is 0. The van der Waals surface area contributed by atoms with Crippen LogP contribution in [0.1, 0.15) is 10.4 Å². The molecule has 0 radical (unpaired) electrons. The van der Waals surface area contributed by atoms with Crippen LogP contribution >= 0.6 is 34.8 Å². The van der Waals surface area contributed by atoms with Gasteiger partial charge in [-0.05, 0) is 12.1 Å². The van der Waals surface area contributed by atoms with E-state index in [9.17, 15) is 4.79 Å². The molecule has 1 atom stereocenters. The molecule has 0 aliphatic carbocycles. The molecule has 1 rings (SSSR count). The van der Waals surface area contributed by atoms with Crippen molar-refractivity contribution in [2.24, 2.45) is 5.11 Å². The summed E-state index contributed by atoms with van der Waals surface area (Å²) in [5, 5.41) is 3.30. The Morgan fingerprint density at radius 2 is 2.07 bits per heavy atom. The third kappa shape index (κ3) is 2.23. The van der Waals surface area contributed by atoms with Crippen LogP contribution in [0.2, 0.25) is 10.0 Å². The Kier molecular flexibility index (Phi) is 3.86. The lowest BCUT2D eigenvalue weighted by Crippen LogP contribution is -2.12. The van der Waals surface area contributed by atoms with Crippen LogP contribution in [0.15, 0.2) is 23.3 Å². The average Bonchev–Trinajstić information content (AvgIpc) is 2.20. The van der Waals surface area contributed by atoms with E-state index in [-0.39, 0.29) is 15.6 Å². The van der Waals surface area contributed by atoms with E-state index < -0.39 is 11.3 Å². The number of hydrogen-bond acceptors (Lipinski definition) is 3. The molecule has 0 aromatic heterocycles. The number of nitrogens with zero attached hydrogens (tertiary/aromatic N) is 1. The second kappa shape index (κ2) is 4.73. The highest BCUT2D eigenvalue weighted by molar-refractivity contribution is 6.45. The van der Waals surface area contributed by atoms with Gasteiger partial charge in [-0.15, -0.1) is 0 Å².